The van der Waals surface area contributed by atoms with E-state index in [1.807, 2.05) is 6.92 Å². The van der Waals surface area contributed by atoms with Crippen molar-refractivity contribution in [2.24, 2.45) is 29.6 Å². The van der Waals surface area contributed by atoms with Crippen molar-refractivity contribution in [1.29, 1.82) is 0 Å². The molecule has 1 saturated heterocycles. The maximum atomic E-state index is 14.1. The number of cyclic esters (lactones) is 3. The topological polar surface area (TPSA) is 160 Å². The number of rotatable bonds is 8. The van der Waals surface area contributed by atoms with Crippen molar-refractivity contribution in [3.05, 3.63) is 0 Å². The molecule has 1 heterocycles. The lowest BCUT2D eigenvalue weighted by Crippen LogP contribution is -2.60. The third kappa shape index (κ3) is 9.69. The van der Waals surface area contributed by atoms with Crippen LogP contribution in [-0.2, 0) is 43.0 Å². The SMILES string of the molecule is CCC(C)C1OC(=O)C(C(C)C)N(C)C(=O)C(C(C)C)OC(=O)C(C(C)C)N(C)C(=O)C(C(C)(O)CC)OC(=O)C(C(C)C)N(C)C1=O. The van der Waals surface area contributed by atoms with E-state index in [1.165, 1.54) is 33.0 Å². The maximum absolute atomic E-state index is 14.1. The molecule has 0 aliphatic carbocycles. The molecule has 1 rings (SSSR count). The first-order chi connectivity index (χ1) is 22.0. The Morgan fingerprint density at radius 2 is 0.917 bits per heavy atom. The van der Waals surface area contributed by atoms with E-state index in [0.717, 1.165) is 9.80 Å². The van der Waals surface area contributed by atoms with Crippen molar-refractivity contribution >= 4 is 35.6 Å². The molecule has 13 heteroatoms. The van der Waals surface area contributed by atoms with Crippen LogP contribution in [0.15, 0.2) is 0 Å². The normalized spacial score (nSPS) is 28.4. The van der Waals surface area contributed by atoms with E-state index in [2.05, 4.69) is 0 Å². The zero-order valence-electron chi connectivity index (χ0n) is 31.7. The highest BCUT2D eigenvalue weighted by atomic mass is 16.6. The van der Waals surface area contributed by atoms with Gasteiger partial charge in [0.1, 0.15) is 23.7 Å². The predicted octanol–water partition coefficient (Wildman–Crippen LogP) is 3.05. The van der Waals surface area contributed by atoms with Crippen LogP contribution in [-0.4, -0.2) is 119 Å². The zero-order valence-corrected chi connectivity index (χ0v) is 31.7. The molecule has 8 atom stereocenters. The molecule has 8 unspecified atom stereocenters. The van der Waals surface area contributed by atoms with Crippen LogP contribution in [0.4, 0.5) is 0 Å². The van der Waals surface area contributed by atoms with E-state index in [9.17, 15) is 33.9 Å². The van der Waals surface area contributed by atoms with Crippen LogP contribution in [0.3, 0.4) is 0 Å². The summed E-state index contributed by atoms with van der Waals surface area (Å²) in [5.74, 6) is -7.36. The summed E-state index contributed by atoms with van der Waals surface area (Å²) in [6, 6.07) is -3.62. The van der Waals surface area contributed by atoms with Gasteiger partial charge in [0.2, 0.25) is 6.10 Å². The fraction of sp³-hybridized carbons (Fsp3) is 0.829. The second-order valence-corrected chi connectivity index (χ2v) is 14.8. The van der Waals surface area contributed by atoms with Gasteiger partial charge in [-0.2, -0.15) is 0 Å². The molecule has 0 aromatic carbocycles. The summed E-state index contributed by atoms with van der Waals surface area (Å²) in [5.41, 5.74) is -1.86. The molecule has 1 fully saturated rings. The Bertz CT molecular complexity index is 1170. The number of carbonyl (C=O) groups is 6. The van der Waals surface area contributed by atoms with Gasteiger partial charge in [-0.3, -0.25) is 14.4 Å². The van der Waals surface area contributed by atoms with Crippen LogP contribution in [0, 0.1) is 29.6 Å². The summed E-state index contributed by atoms with van der Waals surface area (Å²) in [6.45, 7) is 20.1. The summed E-state index contributed by atoms with van der Waals surface area (Å²) < 4.78 is 17.5. The van der Waals surface area contributed by atoms with E-state index >= 15 is 0 Å². The fourth-order valence-corrected chi connectivity index (χ4v) is 5.93. The molecule has 0 bridgehead atoms. The van der Waals surface area contributed by atoms with Gasteiger partial charge in [-0.1, -0.05) is 76.2 Å². The molecule has 1 aliphatic heterocycles. The number of carbonyl (C=O) groups excluding carboxylic acids is 6. The Balaban J connectivity index is 4.07. The number of nitrogens with zero attached hydrogens (tertiary/aromatic N) is 3. The summed E-state index contributed by atoms with van der Waals surface area (Å²) in [6.07, 6.45) is -3.97. The lowest BCUT2D eigenvalue weighted by atomic mass is 9.92. The molecule has 0 saturated carbocycles. The minimum Gasteiger partial charge on any atom is -0.450 e. The Morgan fingerprint density at radius 3 is 1.25 bits per heavy atom. The van der Waals surface area contributed by atoms with Gasteiger partial charge < -0.3 is 34.0 Å². The molecule has 0 aromatic heterocycles. The Labute approximate surface area is 287 Å². The highest BCUT2D eigenvalue weighted by Gasteiger charge is 2.48. The van der Waals surface area contributed by atoms with Crippen molar-refractivity contribution in [3.63, 3.8) is 0 Å². The average Bonchev–Trinajstić information content (AvgIpc) is 2.98. The smallest absolute Gasteiger partial charge is 0.330 e. The highest BCUT2D eigenvalue weighted by Crippen LogP contribution is 2.27. The van der Waals surface area contributed by atoms with Gasteiger partial charge in [-0.05, 0) is 43.4 Å². The first kappa shape index (κ1) is 42.8. The third-order valence-electron chi connectivity index (χ3n) is 9.39. The van der Waals surface area contributed by atoms with Crippen LogP contribution < -0.4 is 0 Å². The van der Waals surface area contributed by atoms with Gasteiger partial charge in [0.15, 0.2) is 12.2 Å². The van der Waals surface area contributed by atoms with Crippen LogP contribution >= 0.6 is 0 Å². The zero-order chi connectivity index (χ0) is 37.6. The van der Waals surface area contributed by atoms with Gasteiger partial charge in [-0.25, -0.2) is 14.4 Å². The van der Waals surface area contributed by atoms with Crippen LogP contribution in [0.5, 0.6) is 0 Å². The van der Waals surface area contributed by atoms with Crippen LogP contribution in [0.2, 0.25) is 0 Å². The van der Waals surface area contributed by atoms with Gasteiger partial charge >= 0.3 is 17.9 Å². The first-order valence-electron chi connectivity index (χ1n) is 17.1. The number of hydrogen-bond donors (Lipinski definition) is 1. The molecule has 0 aromatic rings. The predicted molar refractivity (Wildman–Crippen MR) is 179 cm³/mol. The van der Waals surface area contributed by atoms with Crippen molar-refractivity contribution in [3.8, 4) is 0 Å². The Morgan fingerprint density at radius 1 is 0.583 bits per heavy atom. The third-order valence-corrected chi connectivity index (χ3v) is 9.39. The number of ether oxygens (including phenoxy) is 3. The molecule has 48 heavy (non-hydrogen) atoms. The minimum absolute atomic E-state index is 0.00174. The van der Waals surface area contributed by atoms with Gasteiger partial charge in [-0.15, -0.1) is 0 Å². The lowest BCUT2D eigenvalue weighted by molar-refractivity contribution is -0.188. The number of likely N-dealkylation sites (N-methyl/N-ethyl adjacent to an activating group) is 3. The van der Waals surface area contributed by atoms with Crippen molar-refractivity contribution in [2.45, 2.75) is 138 Å². The molecule has 0 radical (unpaired) electrons. The number of esters is 3. The van der Waals surface area contributed by atoms with Crippen molar-refractivity contribution < 1.29 is 48.1 Å². The van der Waals surface area contributed by atoms with Crippen LogP contribution in [0.25, 0.3) is 0 Å². The fourth-order valence-electron chi connectivity index (χ4n) is 5.93. The molecule has 1 aliphatic rings. The number of hydrogen-bond acceptors (Lipinski definition) is 10. The van der Waals surface area contributed by atoms with Gasteiger partial charge in [0.05, 0.1) is 0 Å². The van der Waals surface area contributed by atoms with E-state index in [4.69, 9.17) is 14.2 Å². The molecule has 0 spiro atoms. The minimum atomic E-state index is -1.86. The second kappa shape index (κ2) is 17.4. The molecular weight excluding hydrogens is 622 g/mol. The monoisotopic (exact) mass is 683 g/mol. The largest absolute Gasteiger partial charge is 0.450 e. The second-order valence-electron chi connectivity index (χ2n) is 14.8. The molecular formula is C35H61N3O10. The van der Waals surface area contributed by atoms with Gasteiger partial charge in [0, 0.05) is 27.1 Å². The number of aliphatic hydroxyl groups is 1. The van der Waals surface area contributed by atoms with E-state index < -0.39 is 107 Å². The summed E-state index contributed by atoms with van der Waals surface area (Å²) in [4.78, 5) is 87.2. The average molecular weight is 684 g/mol. The molecule has 276 valence electrons. The van der Waals surface area contributed by atoms with Gasteiger partial charge in [0.25, 0.3) is 17.7 Å². The summed E-state index contributed by atoms with van der Waals surface area (Å²) in [5, 5.41) is 11.3. The van der Waals surface area contributed by atoms with E-state index in [0.29, 0.717) is 6.42 Å². The Hall–Kier alpha value is -3.22. The summed E-state index contributed by atoms with van der Waals surface area (Å²) >= 11 is 0. The Kier molecular flexibility index (Phi) is 15.6. The summed E-state index contributed by atoms with van der Waals surface area (Å²) in [7, 11) is 4.15. The highest BCUT2D eigenvalue weighted by molar-refractivity contribution is 5.94. The first-order valence-corrected chi connectivity index (χ1v) is 17.1. The van der Waals surface area contributed by atoms with Crippen molar-refractivity contribution in [1.82, 2.24) is 14.7 Å². The van der Waals surface area contributed by atoms with Crippen LogP contribution in [0.1, 0.15) is 95.9 Å². The lowest BCUT2D eigenvalue weighted by Gasteiger charge is -2.40. The standard InChI is InChI=1S/C35H61N3O10/c1-16-22(11)27-30(40)37(14)25(20(7)8)34(44)48-28(35(12,45)17-2)31(41)38(15)24(19(5)6)32(42)46-26(21(9)10)29(39)36(13)23(18(3)4)33(43)47-27/h18-28,45H,16-17H2,1-15H3. The molecule has 1 N–H and O–H groups in total. The van der Waals surface area contributed by atoms with E-state index in [-0.39, 0.29) is 6.42 Å². The molecule has 13 nitrogen and oxygen atoms in total. The molecule has 3 amide bonds. The maximum Gasteiger partial charge on any atom is 0.330 e. The van der Waals surface area contributed by atoms with Crippen molar-refractivity contribution in [2.75, 3.05) is 21.1 Å². The number of amides is 3. The van der Waals surface area contributed by atoms with E-state index in [1.54, 1.807) is 69.2 Å². The quantitative estimate of drug-likeness (QED) is 0.298.